The Bertz CT molecular complexity index is 975. The fourth-order valence-electron chi connectivity index (χ4n) is 3.66. The Hall–Kier alpha value is -2.61. The number of likely N-dealkylation sites (tertiary alicyclic amines) is 1. The van der Waals surface area contributed by atoms with Crippen LogP contribution in [0.2, 0.25) is 0 Å². The van der Waals surface area contributed by atoms with Gasteiger partial charge in [-0.05, 0) is 34.3 Å². The Morgan fingerprint density at radius 2 is 2.11 bits per heavy atom. The molecule has 1 fully saturated rings. The molecule has 3 aromatic rings. The standard InChI is InChI=1S/C20H22BrN5O2/c21-17-16-18(22)23-9-11-26(16)19(24-17)15-8-4-5-10-25(12-15)20(27)28-13-14-6-2-1-3-7-14/h1-3,6-7,9,11,15H,4-5,8,10,12-13H2,(H2,22,23)/t15-/m1/s1. The summed E-state index contributed by atoms with van der Waals surface area (Å²) in [4.78, 5) is 23.3. The number of hydrogen-bond donors (Lipinski definition) is 1. The van der Waals surface area contributed by atoms with Crippen LogP contribution in [0.25, 0.3) is 5.52 Å². The number of amides is 1. The van der Waals surface area contributed by atoms with Crippen molar-refractivity contribution in [1.82, 2.24) is 19.3 Å². The number of aromatic nitrogens is 3. The van der Waals surface area contributed by atoms with E-state index in [0.717, 1.165) is 36.2 Å². The van der Waals surface area contributed by atoms with Crippen molar-refractivity contribution in [2.75, 3.05) is 18.8 Å². The van der Waals surface area contributed by atoms with E-state index in [4.69, 9.17) is 10.5 Å². The molecule has 0 bridgehead atoms. The Balaban J connectivity index is 1.52. The molecule has 1 atom stereocenters. The minimum Gasteiger partial charge on any atom is -0.445 e. The molecule has 0 saturated carbocycles. The van der Waals surface area contributed by atoms with Gasteiger partial charge in [0.25, 0.3) is 0 Å². The SMILES string of the molecule is Nc1nccn2c([C@@H]3CCCCN(C(=O)OCc4ccccc4)C3)nc(Br)c12. The number of nitrogen functional groups attached to an aromatic ring is 1. The predicted molar refractivity (Wildman–Crippen MR) is 110 cm³/mol. The van der Waals surface area contributed by atoms with Gasteiger partial charge in [-0.25, -0.2) is 14.8 Å². The lowest BCUT2D eigenvalue weighted by molar-refractivity contribution is 0.0956. The average Bonchev–Trinajstić information content (AvgIpc) is 2.89. The number of ether oxygens (including phenoxy) is 1. The Labute approximate surface area is 171 Å². The Morgan fingerprint density at radius 3 is 2.93 bits per heavy atom. The summed E-state index contributed by atoms with van der Waals surface area (Å²) in [6.45, 7) is 1.54. The monoisotopic (exact) mass is 443 g/mol. The lowest BCUT2D eigenvalue weighted by atomic mass is 10.0. The van der Waals surface area contributed by atoms with Gasteiger partial charge in [0.2, 0.25) is 0 Å². The Morgan fingerprint density at radius 1 is 1.29 bits per heavy atom. The number of fused-ring (bicyclic) bond motifs is 1. The van der Waals surface area contributed by atoms with Crippen LogP contribution in [0.4, 0.5) is 10.6 Å². The van der Waals surface area contributed by atoms with Gasteiger partial charge in [-0.2, -0.15) is 0 Å². The molecular weight excluding hydrogens is 422 g/mol. The molecule has 1 amide bonds. The van der Waals surface area contributed by atoms with Crippen molar-refractivity contribution >= 4 is 33.4 Å². The summed E-state index contributed by atoms with van der Waals surface area (Å²) >= 11 is 3.49. The van der Waals surface area contributed by atoms with Crippen LogP contribution in [-0.2, 0) is 11.3 Å². The zero-order valence-electron chi connectivity index (χ0n) is 15.4. The lowest BCUT2D eigenvalue weighted by Crippen LogP contribution is -2.34. The van der Waals surface area contributed by atoms with Crippen LogP contribution in [0.5, 0.6) is 0 Å². The van der Waals surface area contributed by atoms with Crippen LogP contribution < -0.4 is 5.73 Å². The van der Waals surface area contributed by atoms with Crippen molar-refractivity contribution in [2.24, 2.45) is 0 Å². The quantitative estimate of drug-likeness (QED) is 0.661. The van der Waals surface area contributed by atoms with E-state index in [1.165, 1.54) is 0 Å². The van der Waals surface area contributed by atoms with E-state index in [0.29, 0.717) is 23.5 Å². The van der Waals surface area contributed by atoms with E-state index < -0.39 is 0 Å². The molecule has 1 aromatic carbocycles. The summed E-state index contributed by atoms with van der Waals surface area (Å²) in [7, 11) is 0. The first-order valence-electron chi connectivity index (χ1n) is 9.37. The summed E-state index contributed by atoms with van der Waals surface area (Å²) < 4.78 is 8.18. The summed E-state index contributed by atoms with van der Waals surface area (Å²) in [5.41, 5.74) is 7.76. The second-order valence-corrected chi connectivity index (χ2v) is 7.72. The van der Waals surface area contributed by atoms with Crippen molar-refractivity contribution in [3.05, 3.63) is 58.7 Å². The van der Waals surface area contributed by atoms with E-state index in [9.17, 15) is 4.79 Å². The van der Waals surface area contributed by atoms with Crippen molar-refractivity contribution in [2.45, 2.75) is 31.8 Å². The molecule has 28 heavy (non-hydrogen) atoms. The molecule has 0 radical (unpaired) electrons. The van der Waals surface area contributed by atoms with Gasteiger partial charge in [0.05, 0.1) is 0 Å². The van der Waals surface area contributed by atoms with Gasteiger partial charge in [0.1, 0.15) is 22.6 Å². The van der Waals surface area contributed by atoms with Gasteiger partial charge in [-0.3, -0.25) is 4.40 Å². The van der Waals surface area contributed by atoms with Crippen LogP contribution in [0.15, 0.2) is 47.3 Å². The third-order valence-electron chi connectivity index (χ3n) is 5.07. The number of imidazole rings is 1. The van der Waals surface area contributed by atoms with Gasteiger partial charge in [-0.15, -0.1) is 0 Å². The highest BCUT2D eigenvalue weighted by molar-refractivity contribution is 9.10. The molecule has 146 valence electrons. The average molecular weight is 444 g/mol. The van der Waals surface area contributed by atoms with Crippen LogP contribution in [0, 0.1) is 0 Å². The molecule has 1 aliphatic rings. The highest BCUT2D eigenvalue weighted by Crippen LogP contribution is 2.31. The zero-order valence-corrected chi connectivity index (χ0v) is 17.0. The van der Waals surface area contributed by atoms with Crippen molar-refractivity contribution in [3.8, 4) is 0 Å². The number of nitrogens with zero attached hydrogens (tertiary/aromatic N) is 4. The lowest BCUT2D eigenvalue weighted by Gasteiger charge is -2.23. The van der Waals surface area contributed by atoms with E-state index in [-0.39, 0.29) is 18.6 Å². The number of nitrogens with two attached hydrogens (primary N) is 1. The van der Waals surface area contributed by atoms with Gasteiger partial charge >= 0.3 is 6.09 Å². The minimum atomic E-state index is -0.281. The second kappa shape index (κ2) is 8.18. The number of rotatable bonds is 3. The fourth-order valence-corrected chi connectivity index (χ4v) is 4.24. The van der Waals surface area contributed by atoms with Crippen LogP contribution in [-0.4, -0.2) is 38.5 Å². The first kappa shape index (κ1) is 18.7. The first-order valence-corrected chi connectivity index (χ1v) is 10.2. The molecule has 0 aliphatic carbocycles. The van der Waals surface area contributed by atoms with Gasteiger partial charge in [-0.1, -0.05) is 36.8 Å². The van der Waals surface area contributed by atoms with Crippen molar-refractivity contribution < 1.29 is 9.53 Å². The minimum absolute atomic E-state index is 0.104. The number of hydrogen-bond acceptors (Lipinski definition) is 5. The highest BCUT2D eigenvalue weighted by Gasteiger charge is 2.28. The number of anilines is 1. The fraction of sp³-hybridized carbons (Fsp3) is 0.350. The molecule has 1 aliphatic heterocycles. The first-order chi connectivity index (χ1) is 13.6. The van der Waals surface area contributed by atoms with E-state index >= 15 is 0 Å². The second-order valence-electron chi connectivity index (χ2n) is 6.97. The molecule has 0 spiro atoms. The predicted octanol–water partition coefficient (Wildman–Crippen LogP) is 3.98. The third-order valence-corrected chi connectivity index (χ3v) is 5.62. The molecule has 4 rings (SSSR count). The van der Waals surface area contributed by atoms with Gasteiger partial charge in [0, 0.05) is 31.4 Å². The highest BCUT2D eigenvalue weighted by atomic mass is 79.9. The number of carbonyl (C=O) groups excluding carboxylic acids is 1. The zero-order chi connectivity index (χ0) is 19.5. The molecule has 2 N–H and O–H groups in total. The number of benzene rings is 1. The van der Waals surface area contributed by atoms with Gasteiger partial charge < -0.3 is 15.4 Å². The molecular formula is C20H22BrN5O2. The summed E-state index contributed by atoms with van der Waals surface area (Å²) in [5.74, 6) is 1.42. The molecule has 7 nitrogen and oxygen atoms in total. The number of carbonyl (C=O) groups is 1. The largest absolute Gasteiger partial charge is 0.445 e. The maximum atomic E-state index is 12.7. The third kappa shape index (κ3) is 3.82. The topological polar surface area (TPSA) is 85.8 Å². The maximum absolute atomic E-state index is 12.7. The van der Waals surface area contributed by atoms with E-state index in [1.54, 1.807) is 11.1 Å². The molecule has 3 heterocycles. The summed E-state index contributed by atoms with van der Waals surface area (Å²) in [6, 6.07) is 9.72. The smallest absolute Gasteiger partial charge is 0.410 e. The normalized spacial score (nSPS) is 17.5. The van der Waals surface area contributed by atoms with Crippen molar-refractivity contribution in [1.29, 1.82) is 0 Å². The summed E-state index contributed by atoms with van der Waals surface area (Å²) in [5, 5.41) is 0. The van der Waals surface area contributed by atoms with E-state index in [1.807, 2.05) is 40.9 Å². The van der Waals surface area contributed by atoms with Crippen LogP contribution in [0.3, 0.4) is 0 Å². The Kier molecular flexibility index (Phi) is 5.47. The van der Waals surface area contributed by atoms with Crippen molar-refractivity contribution in [3.63, 3.8) is 0 Å². The number of halogens is 1. The molecule has 1 saturated heterocycles. The molecule has 0 unspecified atom stereocenters. The molecule has 8 heteroatoms. The van der Waals surface area contributed by atoms with Crippen LogP contribution in [0.1, 0.15) is 36.6 Å². The summed E-state index contributed by atoms with van der Waals surface area (Å²) in [6.07, 6.45) is 6.18. The van der Waals surface area contributed by atoms with Gasteiger partial charge in [0.15, 0.2) is 5.82 Å². The van der Waals surface area contributed by atoms with Crippen LogP contribution >= 0.6 is 15.9 Å². The van der Waals surface area contributed by atoms with E-state index in [2.05, 4.69) is 25.9 Å². The molecule has 2 aromatic heterocycles. The maximum Gasteiger partial charge on any atom is 0.410 e.